The van der Waals surface area contributed by atoms with Crippen LogP contribution in [0.3, 0.4) is 0 Å². The molecule has 0 aliphatic rings. The molecule has 0 spiro atoms. The first-order valence-electron chi connectivity index (χ1n) is 6.62. The van der Waals surface area contributed by atoms with E-state index in [1.54, 1.807) is 6.92 Å². The number of carboxylic acids is 1. The van der Waals surface area contributed by atoms with Crippen molar-refractivity contribution in [1.29, 1.82) is 0 Å². The second-order valence-corrected chi connectivity index (χ2v) is 4.86. The van der Waals surface area contributed by atoms with E-state index in [-0.39, 0.29) is 24.7 Å². The van der Waals surface area contributed by atoms with Gasteiger partial charge in [-0.1, -0.05) is 38.5 Å². The fraction of sp³-hybridized carbons (Fsp3) is 0.467. The van der Waals surface area contributed by atoms with E-state index in [9.17, 15) is 9.59 Å². The van der Waals surface area contributed by atoms with Gasteiger partial charge in [0.25, 0.3) is 0 Å². The van der Waals surface area contributed by atoms with Gasteiger partial charge in [-0.15, -0.1) is 0 Å². The van der Waals surface area contributed by atoms with Gasteiger partial charge in [0.05, 0.1) is 0 Å². The number of aryl methyl sites for hydroxylation is 1. The summed E-state index contributed by atoms with van der Waals surface area (Å²) in [6.07, 6.45) is 2.18. The van der Waals surface area contributed by atoms with E-state index in [1.165, 1.54) is 0 Å². The number of hydrogen-bond donors (Lipinski definition) is 2. The van der Waals surface area contributed by atoms with Crippen LogP contribution in [0.15, 0.2) is 24.3 Å². The molecule has 104 valence electrons. The molecule has 0 aromatic heterocycles. The zero-order valence-corrected chi connectivity index (χ0v) is 11.5. The molecule has 0 heterocycles. The van der Waals surface area contributed by atoms with Crippen molar-refractivity contribution in [3.63, 3.8) is 0 Å². The van der Waals surface area contributed by atoms with Gasteiger partial charge >= 0.3 is 5.97 Å². The Hall–Kier alpha value is -1.84. The van der Waals surface area contributed by atoms with Crippen LogP contribution >= 0.6 is 0 Å². The highest BCUT2D eigenvalue weighted by Gasteiger charge is 2.13. The molecule has 1 aromatic carbocycles. The summed E-state index contributed by atoms with van der Waals surface area (Å²) in [5.41, 5.74) is 1.95. The summed E-state index contributed by atoms with van der Waals surface area (Å²) in [5.74, 6) is -1.15. The van der Waals surface area contributed by atoms with Gasteiger partial charge in [0.15, 0.2) is 0 Å². The minimum Gasteiger partial charge on any atom is -0.481 e. The maximum absolute atomic E-state index is 11.9. The van der Waals surface area contributed by atoms with Gasteiger partial charge in [-0.2, -0.15) is 0 Å². The number of carbonyl (C=O) groups is 2. The Kier molecular flexibility index (Phi) is 6.06. The van der Waals surface area contributed by atoms with Crippen LogP contribution in [0.1, 0.15) is 38.7 Å². The predicted molar refractivity (Wildman–Crippen MR) is 75.1 cm³/mol. The van der Waals surface area contributed by atoms with Crippen molar-refractivity contribution in [3.8, 4) is 0 Å². The fourth-order valence-electron chi connectivity index (χ4n) is 2.02. The highest BCUT2D eigenvalue weighted by molar-refractivity contribution is 5.91. The van der Waals surface area contributed by atoms with E-state index in [1.807, 2.05) is 24.3 Å². The molecule has 1 amide bonds. The lowest BCUT2D eigenvalue weighted by Crippen LogP contribution is -2.17. The molecular weight excluding hydrogens is 242 g/mol. The maximum Gasteiger partial charge on any atom is 0.303 e. The standard InChI is InChI=1S/C15H21NO3/c1-3-6-12-7-4-5-8-13(12)16-14(17)9-11(2)10-15(18)19/h4-5,7-8,11H,3,6,9-10H2,1-2H3,(H,16,17)(H,18,19). The Labute approximate surface area is 113 Å². The Morgan fingerprint density at radius 1 is 1.26 bits per heavy atom. The topological polar surface area (TPSA) is 66.4 Å². The molecule has 0 aliphatic carbocycles. The Morgan fingerprint density at radius 2 is 1.95 bits per heavy atom. The van der Waals surface area contributed by atoms with Crippen molar-refractivity contribution < 1.29 is 14.7 Å². The minimum absolute atomic E-state index is 0.0179. The third-order valence-electron chi connectivity index (χ3n) is 2.87. The number of hydrogen-bond acceptors (Lipinski definition) is 2. The summed E-state index contributed by atoms with van der Waals surface area (Å²) in [6, 6.07) is 7.72. The smallest absolute Gasteiger partial charge is 0.303 e. The molecule has 0 bridgehead atoms. The zero-order valence-electron chi connectivity index (χ0n) is 11.5. The first-order chi connectivity index (χ1) is 9.02. The molecule has 19 heavy (non-hydrogen) atoms. The van der Waals surface area contributed by atoms with Gasteiger partial charge in [0, 0.05) is 18.5 Å². The Balaban J connectivity index is 2.59. The van der Waals surface area contributed by atoms with Crippen LogP contribution in [0.2, 0.25) is 0 Å². The monoisotopic (exact) mass is 263 g/mol. The summed E-state index contributed by atoms with van der Waals surface area (Å²) in [6.45, 7) is 3.86. The molecule has 1 unspecified atom stereocenters. The molecule has 0 saturated heterocycles. The van der Waals surface area contributed by atoms with Crippen LogP contribution in [0.4, 0.5) is 5.69 Å². The Morgan fingerprint density at radius 3 is 2.58 bits per heavy atom. The number of benzene rings is 1. The van der Waals surface area contributed by atoms with E-state index >= 15 is 0 Å². The van der Waals surface area contributed by atoms with Gasteiger partial charge in [-0.05, 0) is 24.0 Å². The number of rotatable bonds is 7. The second kappa shape index (κ2) is 7.56. The summed E-state index contributed by atoms with van der Waals surface area (Å²) in [5, 5.41) is 11.5. The first-order valence-corrected chi connectivity index (χ1v) is 6.62. The average Bonchev–Trinajstić information content (AvgIpc) is 2.30. The van der Waals surface area contributed by atoms with Crippen LogP contribution in [-0.4, -0.2) is 17.0 Å². The summed E-state index contributed by atoms with van der Waals surface area (Å²) >= 11 is 0. The van der Waals surface area contributed by atoms with Crippen LogP contribution < -0.4 is 5.32 Å². The van der Waals surface area contributed by atoms with E-state index in [0.29, 0.717) is 0 Å². The summed E-state index contributed by atoms with van der Waals surface area (Å²) < 4.78 is 0. The molecular formula is C15H21NO3. The highest BCUT2D eigenvalue weighted by atomic mass is 16.4. The SMILES string of the molecule is CCCc1ccccc1NC(=O)CC(C)CC(=O)O. The number of aliphatic carboxylic acids is 1. The van der Waals surface area contributed by atoms with Crippen molar-refractivity contribution in [3.05, 3.63) is 29.8 Å². The molecule has 1 aromatic rings. The molecule has 0 radical (unpaired) electrons. The molecule has 4 nitrogen and oxygen atoms in total. The summed E-state index contributed by atoms with van der Waals surface area (Å²) in [7, 11) is 0. The van der Waals surface area contributed by atoms with E-state index in [0.717, 1.165) is 24.1 Å². The number of anilines is 1. The fourth-order valence-corrected chi connectivity index (χ4v) is 2.02. The minimum atomic E-state index is -0.869. The van der Waals surface area contributed by atoms with Crippen LogP contribution in [0.25, 0.3) is 0 Å². The van der Waals surface area contributed by atoms with Gasteiger partial charge in [0.2, 0.25) is 5.91 Å². The predicted octanol–water partition coefficient (Wildman–Crippen LogP) is 3.08. The third kappa shape index (κ3) is 5.55. The van der Waals surface area contributed by atoms with Gasteiger partial charge < -0.3 is 10.4 Å². The van der Waals surface area contributed by atoms with Crippen molar-refractivity contribution in [1.82, 2.24) is 0 Å². The number of carboxylic acid groups (broad SMARTS) is 1. The molecule has 4 heteroatoms. The lowest BCUT2D eigenvalue weighted by atomic mass is 10.0. The van der Waals surface area contributed by atoms with Gasteiger partial charge in [-0.25, -0.2) is 0 Å². The number of carbonyl (C=O) groups excluding carboxylic acids is 1. The second-order valence-electron chi connectivity index (χ2n) is 4.86. The van der Waals surface area contributed by atoms with E-state index in [2.05, 4.69) is 12.2 Å². The zero-order chi connectivity index (χ0) is 14.3. The lowest BCUT2D eigenvalue weighted by molar-refractivity contribution is -0.138. The molecule has 2 N–H and O–H groups in total. The van der Waals surface area contributed by atoms with E-state index < -0.39 is 5.97 Å². The largest absolute Gasteiger partial charge is 0.481 e. The molecule has 1 rings (SSSR count). The summed E-state index contributed by atoms with van der Waals surface area (Å²) in [4.78, 5) is 22.4. The van der Waals surface area contributed by atoms with E-state index in [4.69, 9.17) is 5.11 Å². The average molecular weight is 263 g/mol. The first kappa shape index (κ1) is 15.2. The molecule has 1 atom stereocenters. The quantitative estimate of drug-likeness (QED) is 0.794. The van der Waals surface area contributed by atoms with Crippen molar-refractivity contribution >= 4 is 17.6 Å². The lowest BCUT2D eigenvalue weighted by Gasteiger charge is -2.12. The highest BCUT2D eigenvalue weighted by Crippen LogP contribution is 2.18. The maximum atomic E-state index is 11.9. The van der Waals surface area contributed by atoms with Crippen LogP contribution in [0.5, 0.6) is 0 Å². The van der Waals surface area contributed by atoms with Crippen molar-refractivity contribution in [2.45, 2.75) is 39.5 Å². The van der Waals surface area contributed by atoms with Crippen LogP contribution in [-0.2, 0) is 16.0 Å². The van der Waals surface area contributed by atoms with Gasteiger partial charge in [-0.3, -0.25) is 9.59 Å². The van der Waals surface area contributed by atoms with Gasteiger partial charge in [0.1, 0.15) is 0 Å². The third-order valence-corrected chi connectivity index (χ3v) is 2.87. The van der Waals surface area contributed by atoms with Crippen LogP contribution in [0, 0.1) is 5.92 Å². The number of para-hydroxylation sites is 1. The normalized spacial score (nSPS) is 11.9. The molecule has 0 fully saturated rings. The molecule has 0 saturated carbocycles. The molecule has 0 aliphatic heterocycles. The van der Waals surface area contributed by atoms with Crippen molar-refractivity contribution in [2.75, 3.05) is 5.32 Å². The Bertz CT molecular complexity index is 443. The number of nitrogens with one attached hydrogen (secondary N) is 1. The number of amides is 1. The van der Waals surface area contributed by atoms with Crippen molar-refractivity contribution in [2.24, 2.45) is 5.92 Å².